The summed E-state index contributed by atoms with van der Waals surface area (Å²) in [4.78, 5) is 6.86. The molecule has 0 aliphatic carbocycles. The number of piperidine rings is 1. The van der Waals surface area contributed by atoms with E-state index < -0.39 is 0 Å². The van der Waals surface area contributed by atoms with Gasteiger partial charge in [0.15, 0.2) is 5.96 Å². The van der Waals surface area contributed by atoms with Gasteiger partial charge in [-0.15, -0.1) is 24.0 Å². The number of nitrogens with zero attached hydrogens (tertiary/aromatic N) is 4. The highest BCUT2D eigenvalue weighted by Crippen LogP contribution is 2.21. The minimum Gasteiger partial charge on any atom is -0.356 e. The van der Waals surface area contributed by atoms with Crippen molar-refractivity contribution < 1.29 is 0 Å². The summed E-state index contributed by atoms with van der Waals surface area (Å²) in [5.74, 6) is 1.81. The average molecular weight is 467 g/mol. The van der Waals surface area contributed by atoms with Gasteiger partial charge < -0.3 is 10.2 Å². The summed E-state index contributed by atoms with van der Waals surface area (Å²) in [6.07, 6.45) is 8.63. The number of rotatable bonds is 5. The Labute approximate surface area is 173 Å². The maximum Gasteiger partial charge on any atom is 0.193 e. The number of hydrogen-bond acceptors (Lipinski definition) is 2. The number of benzene rings is 1. The van der Waals surface area contributed by atoms with Crippen LogP contribution in [0.3, 0.4) is 0 Å². The molecule has 0 radical (unpaired) electrons. The van der Waals surface area contributed by atoms with Gasteiger partial charge in [0.25, 0.3) is 0 Å². The highest BCUT2D eigenvalue weighted by molar-refractivity contribution is 14.0. The fraction of sp³-hybridized carbons (Fsp3) is 0.500. The summed E-state index contributed by atoms with van der Waals surface area (Å²) < 4.78 is 1.85. The van der Waals surface area contributed by atoms with E-state index in [9.17, 15) is 0 Å². The number of likely N-dealkylation sites (tertiary alicyclic amines) is 1. The van der Waals surface area contributed by atoms with E-state index in [0.717, 1.165) is 37.9 Å². The number of aryl methyl sites for hydroxylation is 1. The summed E-state index contributed by atoms with van der Waals surface area (Å²) in [7, 11) is 3.83. The van der Waals surface area contributed by atoms with E-state index in [2.05, 4.69) is 56.8 Å². The Morgan fingerprint density at radius 3 is 2.54 bits per heavy atom. The van der Waals surface area contributed by atoms with Gasteiger partial charge >= 0.3 is 0 Å². The van der Waals surface area contributed by atoms with E-state index in [0.29, 0.717) is 0 Å². The highest BCUT2D eigenvalue weighted by atomic mass is 127. The Morgan fingerprint density at radius 2 is 1.92 bits per heavy atom. The van der Waals surface area contributed by atoms with Crippen LogP contribution in [0.1, 0.15) is 24.0 Å². The van der Waals surface area contributed by atoms with Crippen LogP contribution < -0.4 is 5.32 Å². The fourth-order valence-corrected chi connectivity index (χ4v) is 3.55. The normalized spacial score (nSPS) is 15.6. The molecule has 0 amide bonds. The van der Waals surface area contributed by atoms with Gasteiger partial charge in [0, 0.05) is 39.9 Å². The number of aromatic nitrogens is 2. The monoisotopic (exact) mass is 467 g/mol. The van der Waals surface area contributed by atoms with Gasteiger partial charge in [-0.1, -0.05) is 30.3 Å². The standard InChI is InChI=1S/C20H29N5.HI/c1-21-20(22-11-8-19-15-23-24(2)16-19)25-12-9-18(10-13-25)14-17-6-4-3-5-7-17;/h3-7,15-16,18H,8-14H2,1-2H3,(H,21,22);1H. The molecule has 1 aliphatic heterocycles. The average Bonchev–Trinajstić information content (AvgIpc) is 3.06. The van der Waals surface area contributed by atoms with Gasteiger partial charge in [0.2, 0.25) is 0 Å². The van der Waals surface area contributed by atoms with E-state index in [1.54, 1.807) is 0 Å². The van der Waals surface area contributed by atoms with Crippen molar-refractivity contribution in [3.63, 3.8) is 0 Å². The first-order chi connectivity index (χ1) is 12.2. The van der Waals surface area contributed by atoms with Crippen molar-refractivity contribution in [3.8, 4) is 0 Å². The molecule has 1 aromatic heterocycles. The lowest BCUT2D eigenvalue weighted by Gasteiger charge is -2.34. The van der Waals surface area contributed by atoms with Gasteiger partial charge in [-0.25, -0.2) is 0 Å². The van der Waals surface area contributed by atoms with Crippen molar-refractivity contribution in [1.82, 2.24) is 20.0 Å². The van der Waals surface area contributed by atoms with Crippen LogP contribution in [-0.4, -0.2) is 47.3 Å². The quantitative estimate of drug-likeness (QED) is 0.418. The van der Waals surface area contributed by atoms with E-state index >= 15 is 0 Å². The summed E-state index contributed by atoms with van der Waals surface area (Å²) in [6.45, 7) is 3.07. The second kappa shape index (κ2) is 10.5. The Balaban J connectivity index is 0.00000243. The van der Waals surface area contributed by atoms with Gasteiger partial charge in [0.1, 0.15) is 0 Å². The number of nitrogens with one attached hydrogen (secondary N) is 1. The van der Waals surface area contributed by atoms with Crippen molar-refractivity contribution in [3.05, 3.63) is 53.9 Å². The Morgan fingerprint density at radius 1 is 1.19 bits per heavy atom. The fourth-order valence-electron chi connectivity index (χ4n) is 3.55. The first kappa shape index (κ1) is 20.7. The molecule has 2 heterocycles. The summed E-state index contributed by atoms with van der Waals surface area (Å²) in [5, 5.41) is 7.72. The lowest BCUT2D eigenvalue weighted by molar-refractivity contribution is 0.259. The molecule has 3 rings (SSSR count). The van der Waals surface area contributed by atoms with Crippen LogP contribution in [0.5, 0.6) is 0 Å². The Bertz CT molecular complexity index is 675. The number of hydrogen-bond donors (Lipinski definition) is 1. The minimum absolute atomic E-state index is 0. The third kappa shape index (κ3) is 6.00. The first-order valence-corrected chi connectivity index (χ1v) is 9.21. The number of aliphatic imine (C=N–C) groups is 1. The largest absolute Gasteiger partial charge is 0.356 e. The Hall–Kier alpha value is -1.57. The molecule has 0 bridgehead atoms. The zero-order chi connectivity index (χ0) is 17.5. The molecular formula is C20H30IN5. The van der Waals surface area contributed by atoms with Crippen molar-refractivity contribution in [2.24, 2.45) is 18.0 Å². The van der Waals surface area contributed by atoms with Crippen LogP contribution in [0.2, 0.25) is 0 Å². The van der Waals surface area contributed by atoms with Gasteiger partial charge in [-0.05, 0) is 42.7 Å². The van der Waals surface area contributed by atoms with Crippen LogP contribution in [0, 0.1) is 5.92 Å². The molecule has 1 N–H and O–H groups in total. The molecule has 6 heteroatoms. The molecule has 26 heavy (non-hydrogen) atoms. The molecule has 5 nitrogen and oxygen atoms in total. The first-order valence-electron chi connectivity index (χ1n) is 9.21. The smallest absolute Gasteiger partial charge is 0.193 e. The third-order valence-electron chi connectivity index (χ3n) is 4.95. The number of guanidine groups is 1. The predicted octanol–water partition coefficient (Wildman–Crippen LogP) is 3.11. The molecule has 1 aromatic carbocycles. The van der Waals surface area contributed by atoms with Crippen LogP contribution in [0.4, 0.5) is 0 Å². The zero-order valence-electron chi connectivity index (χ0n) is 15.8. The van der Waals surface area contributed by atoms with E-state index in [1.807, 2.05) is 25.0 Å². The number of halogens is 1. The predicted molar refractivity (Wildman–Crippen MR) is 118 cm³/mol. The van der Waals surface area contributed by atoms with Crippen LogP contribution in [0.15, 0.2) is 47.7 Å². The maximum absolute atomic E-state index is 4.47. The SMILES string of the molecule is CN=C(NCCc1cnn(C)c1)N1CCC(Cc2ccccc2)CC1.I. The molecule has 1 aliphatic rings. The van der Waals surface area contributed by atoms with E-state index in [-0.39, 0.29) is 24.0 Å². The third-order valence-corrected chi connectivity index (χ3v) is 4.95. The second-order valence-corrected chi connectivity index (χ2v) is 6.87. The Kier molecular flexibility index (Phi) is 8.41. The zero-order valence-corrected chi connectivity index (χ0v) is 18.1. The van der Waals surface area contributed by atoms with Gasteiger partial charge in [-0.2, -0.15) is 5.10 Å². The van der Waals surface area contributed by atoms with Gasteiger partial charge in [-0.3, -0.25) is 9.67 Å². The van der Waals surface area contributed by atoms with Crippen molar-refractivity contribution in [2.75, 3.05) is 26.7 Å². The van der Waals surface area contributed by atoms with Crippen molar-refractivity contribution in [1.29, 1.82) is 0 Å². The van der Waals surface area contributed by atoms with E-state index in [1.165, 1.54) is 30.4 Å². The molecule has 0 unspecified atom stereocenters. The molecule has 1 saturated heterocycles. The van der Waals surface area contributed by atoms with Gasteiger partial charge in [0.05, 0.1) is 6.20 Å². The minimum atomic E-state index is 0. The molecule has 0 atom stereocenters. The molecule has 0 spiro atoms. The van der Waals surface area contributed by atoms with Crippen LogP contribution in [-0.2, 0) is 19.9 Å². The second-order valence-electron chi connectivity index (χ2n) is 6.87. The van der Waals surface area contributed by atoms with E-state index in [4.69, 9.17) is 0 Å². The van der Waals surface area contributed by atoms with Crippen LogP contribution >= 0.6 is 24.0 Å². The lowest BCUT2D eigenvalue weighted by Crippen LogP contribution is -2.46. The molecular weight excluding hydrogens is 437 g/mol. The lowest BCUT2D eigenvalue weighted by atomic mass is 9.90. The summed E-state index contributed by atoms with van der Waals surface area (Å²) in [6, 6.07) is 10.8. The van der Waals surface area contributed by atoms with Crippen molar-refractivity contribution >= 4 is 29.9 Å². The molecule has 1 fully saturated rings. The maximum atomic E-state index is 4.47. The summed E-state index contributed by atoms with van der Waals surface area (Å²) in [5.41, 5.74) is 2.71. The van der Waals surface area contributed by atoms with Crippen LogP contribution in [0.25, 0.3) is 0 Å². The summed E-state index contributed by atoms with van der Waals surface area (Å²) >= 11 is 0. The highest BCUT2D eigenvalue weighted by Gasteiger charge is 2.21. The molecule has 2 aromatic rings. The molecule has 0 saturated carbocycles. The molecule has 142 valence electrons. The van der Waals surface area contributed by atoms with Crippen molar-refractivity contribution in [2.45, 2.75) is 25.7 Å². The topological polar surface area (TPSA) is 45.5 Å².